The van der Waals surface area contributed by atoms with E-state index < -0.39 is 5.60 Å². The van der Waals surface area contributed by atoms with E-state index >= 15 is 0 Å². The first-order valence-electron chi connectivity index (χ1n) is 13.4. The van der Waals surface area contributed by atoms with Gasteiger partial charge in [0.05, 0.1) is 16.6 Å². The molecule has 8 heteroatoms. The number of H-pyrrole nitrogens is 1. The Hall–Kier alpha value is -2.97. The zero-order valence-corrected chi connectivity index (χ0v) is 20.3. The number of aliphatic hydroxyl groups is 2. The van der Waals surface area contributed by atoms with Gasteiger partial charge in [0, 0.05) is 35.0 Å². The molecule has 1 aromatic carbocycles. The van der Waals surface area contributed by atoms with Gasteiger partial charge in [0.15, 0.2) is 11.7 Å². The highest BCUT2D eigenvalue weighted by atomic mass is 16.5. The normalized spacial score (nSPS) is 40.2. The van der Waals surface area contributed by atoms with Crippen LogP contribution in [0.1, 0.15) is 55.9 Å². The van der Waals surface area contributed by atoms with Crippen molar-refractivity contribution in [1.82, 2.24) is 9.88 Å². The van der Waals surface area contributed by atoms with Crippen LogP contribution in [0.25, 0.3) is 10.9 Å². The third-order valence-corrected chi connectivity index (χ3v) is 10.5. The quantitative estimate of drug-likeness (QED) is 0.232. The Morgan fingerprint density at radius 3 is 2.89 bits per heavy atom. The van der Waals surface area contributed by atoms with Crippen LogP contribution in [0.4, 0.5) is 0 Å². The molecule has 1 aromatic heterocycles. The summed E-state index contributed by atoms with van der Waals surface area (Å²) in [4.78, 5) is 10.4. The number of hydrogen-bond acceptors (Lipinski definition) is 5. The number of likely N-dealkylation sites (tertiary alicyclic amines) is 1. The number of aliphatic imine (C=N–C) groups is 1. The predicted molar refractivity (Wildman–Crippen MR) is 136 cm³/mol. The summed E-state index contributed by atoms with van der Waals surface area (Å²) in [6, 6.07) is 8.53. The number of aliphatic hydroxyl groups excluding tert-OH is 1. The van der Waals surface area contributed by atoms with Gasteiger partial charge in [-0.1, -0.05) is 37.1 Å². The van der Waals surface area contributed by atoms with Crippen molar-refractivity contribution >= 4 is 16.9 Å². The average Bonchev–Trinajstić information content (AvgIpc) is 3.42. The standard InChI is InChI=1S/C28H33N5O3/c29-25(30)31-11-5-1-2-6-12-33-19-13-15-9-10-18(34)23-20(15)26-14-27(33,28(19,26)35)21-16-7-3-4-8-17(16)32-22(21)24(26)36-23/h3-4,7-10,15,19-20,24,32,34-35H,1-2,5-6,11-14H2,(H4,29,30,31)/t15?,19-,20?,24+,26+,27?,28-/m1/s1. The number of nitrogens with two attached hydrogens (primary N) is 2. The number of guanidine groups is 1. The molecule has 7 N–H and O–H groups in total. The molecule has 7 atom stereocenters. The molecular formula is C28H33N5O3. The molecule has 0 amide bonds. The van der Waals surface area contributed by atoms with Crippen LogP contribution in [-0.2, 0) is 10.3 Å². The zero-order valence-electron chi connectivity index (χ0n) is 20.3. The smallest absolute Gasteiger partial charge is 0.185 e. The molecule has 3 unspecified atom stereocenters. The number of nitrogens with one attached hydrogen (secondary N) is 1. The lowest BCUT2D eigenvalue weighted by Crippen LogP contribution is -2.98. The third-order valence-electron chi connectivity index (χ3n) is 10.5. The van der Waals surface area contributed by atoms with Gasteiger partial charge in [-0.05, 0) is 50.3 Å². The van der Waals surface area contributed by atoms with Gasteiger partial charge in [-0.15, -0.1) is 0 Å². The van der Waals surface area contributed by atoms with Crippen molar-refractivity contribution in [2.75, 3.05) is 13.1 Å². The van der Waals surface area contributed by atoms with E-state index in [1.807, 2.05) is 6.08 Å². The maximum Gasteiger partial charge on any atom is 0.185 e. The predicted octanol–water partition coefficient (Wildman–Crippen LogP) is 3.06. The number of rotatable bonds is 7. The Morgan fingerprint density at radius 1 is 1.19 bits per heavy atom. The van der Waals surface area contributed by atoms with Crippen molar-refractivity contribution < 1.29 is 14.9 Å². The number of unbranched alkanes of at least 4 members (excludes halogenated alkanes) is 3. The molecular weight excluding hydrogens is 454 g/mol. The van der Waals surface area contributed by atoms with Crippen LogP contribution in [-0.4, -0.2) is 50.8 Å². The maximum atomic E-state index is 12.7. The van der Waals surface area contributed by atoms with E-state index in [-0.39, 0.29) is 46.7 Å². The molecule has 8 nitrogen and oxygen atoms in total. The number of benzene rings is 1. The second kappa shape index (κ2) is 6.66. The molecule has 2 aromatic rings. The fourth-order valence-corrected chi connectivity index (χ4v) is 9.47. The highest BCUT2D eigenvalue weighted by Crippen LogP contribution is 2.89. The Kier molecular flexibility index (Phi) is 3.91. The minimum atomic E-state index is -0.843. The van der Waals surface area contributed by atoms with Gasteiger partial charge in [-0.2, -0.15) is 0 Å². The van der Waals surface area contributed by atoms with E-state index in [1.165, 1.54) is 10.9 Å². The van der Waals surface area contributed by atoms with Crippen LogP contribution < -0.4 is 11.5 Å². The molecule has 36 heavy (non-hydrogen) atoms. The van der Waals surface area contributed by atoms with Gasteiger partial charge >= 0.3 is 0 Å². The lowest BCUT2D eigenvalue weighted by atomic mass is 9.26. The number of aromatic nitrogens is 1. The van der Waals surface area contributed by atoms with E-state index in [4.69, 9.17) is 16.2 Å². The maximum absolute atomic E-state index is 12.7. The number of ether oxygens (including phenoxy) is 1. The zero-order chi connectivity index (χ0) is 24.4. The molecule has 2 bridgehead atoms. The first-order valence-corrected chi connectivity index (χ1v) is 13.4. The number of hydrogen-bond donors (Lipinski definition) is 5. The van der Waals surface area contributed by atoms with Crippen molar-refractivity contribution in [3.63, 3.8) is 0 Å². The van der Waals surface area contributed by atoms with Crippen LogP contribution in [0.3, 0.4) is 0 Å². The van der Waals surface area contributed by atoms with Gasteiger partial charge in [0.2, 0.25) is 0 Å². The molecule has 6 aliphatic rings. The van der Waals surface area contributed by atoms with Gasteiger partial charge in [0.1, 0.15) is 17.5 Å². The number of fused-ring (bicyclic) bond motifs is 4. The lowest BCUT2D eigenvalue weighted by Gasteiger charge is -2.87. The highest BCUT2D eigenvalue weighted by Gasteiger charge is 2.96. The second-order valence-electron chi connectivity index (χ2n) is 11.7. The number of allylic oxidation sites excluding steroid dienone is 3. The fraction of sp³-hybridized carbons (Fsp3) is 0.536. The first-order chi connectivity index (χ1) is 17.4. The van der Waals surface area contributed by atoms with Crippen LogP contribution in [0.2, 0.25) is 0 Å². The van der Waals surface area contributed by atoms with E-state index in [0.29, 0.717) is 12.3 Å². The van der Waals surface area contributed by atoms with Gasteiger partial charge in [0.25, 0.3) is 0 Å². The average molecular weight is 488 g/mol. The molecule has 2 aliphatic heterocycles. The Labute approximate surface area is 209 Å². The lowest BCUT2D eigenvalue weighted by molar-refractivity contribution is -0.440. The fourth-order valence-electron chi connectivity index (χ4n) is 9.47. The molecule has 0 radical (unpaired) electrons. The summed E-state index contributed by atoms with van der Waals surface area (Å²) < 4.78 is 6.62. The Morgan fingerprint density at radius 2 is 2.03 bits per heavy atom. The summed E-state index contributed by atoms with van der Waals surface area (Å²) in [5.74, 6) is 1.40. The minimum Gasteiger partial charge on any atom is -0.504 e. The van der Waals surface area contributed by atoms with Gasteiger partial charge in [-0.3, -0.25) is 9.89 Å². The van der Waals surface area contributed by atoms with E-state index in [2.05, 4.69) is 45.2 Å². The number of piperidine rings is 1. The summed E-state index contributed by atoms with van der Waals surface area (Å²) in [6.45, 7) is 1.64. The summed E-state index contributed by atoms with van der Waals surface area (Å²) in [6.07, 6.45) is 9.76. The summed E-state index contributed by atoms with van der Waals surface area (Å²) in [7, 11) is 0. The molecule has 4 fully saturated rings. The van der Waals surface area contributed by atoms with Crippen molar-refractivity contribution in [1.29, 1.82) is 0 Å². The summed E-state index contributed by atoms with van der Waals surface area (Å²) >= 11 is 0. The third kappa shape index (κ3) is 2.04. The largest absolute Gasteiger partial charge is 0.504 e. The SMILES string of the molecule is NC(N)=NCCCCCCN1[C@@H]2CC3C=CC(O)=C4O[C@H]5c6[nH]c7ccccc7c6C16C[C@@]5(C43)[C@]26O. The molecule has 2 saturated carbocycles. The Bertz CT molecular complexity index is 1390. The monoisotopic (exact) mass is 487 g/mol. The van der Waals surface area contributed by atoms with E-state index in [1.54, 1.807) is 0 Å². The van der Waals surface area contributed by atoms with Crippen LogP contribution in [0, 0.1) is 17.3 Å². The van der Waals surface area contributed by atoms with Crippen molar-refractivity contribution in [3.05, 3.63) is 59.2 Å². The minimum absolute atomic E-state index is 0.0409. The number of para-hydroxylation sites is 1. The Balaban J connectivity index is 1.19. The number of aromatic amines is 1. The summed E-state index contributed by atoms with van der Waals surface area (Å²) in [5, 5.41) is 24.7. The second-order valence-corrected chi connectivity index (χ2v) is 11.7. The van der Waals surface area contributed by atoms with Crippen molar-refractivity contribution in [2.45, 2.75) is 61.8 Å². The molecule has 8 rings (SSSR count). The molecule has 4 aliphatic carbocycles. The van der Waals surface area contributed by atoms with Crippen LogP contribution in [0.15, 0.2) is 52.9 Å². The van der Waals surface area contributed by atoms with E-state index in [9.17, 15) is 10.2 Å². The number of nitrogens with zero attached hydrogens (tertiary/aromatic N) is 2. The summed E-state index contributed by atoms with van der Waals surface area (Å²) in [5.41, 5.74) is 12.7. The molecule has 1 spiro atoms. The molecule has 188 valence electrons. The highest BCUT2D eigenvalue weighted by molar-refractivity contribution is 5.88. The van der Waals surface area contributed by atoms with Crippen LogP contribution >= 0.6 is 0 Å². The first kappa shape index (κ1) is 21.1. The van der Waals surface area contributed by atoms with Gasteiger partial charge < -0.3 is 31.4 Å². The topological polar surface area (TPSA) is 133 Å². The molecule has 3 heterocycles. The van der Waals surface area contributed by atoms with Crippen LogP contribution in [0.5, 0.6) is 0 Å². The van der Waals surface area contributed by atoms with Crippen molar-refractivity contribution in [2.24, 2.45) is 33.7 Å². The van der Waals surface area contributed by atoms with E-state index in [0.717, 1.165) is 56.3 Å². The van der Waals surface area contributed by atoms with Gasteiger partial charge in [-0.25, -0.2) is 0 Å². The van der Waals surface area contributed by atoms with Crippen molar-refractivity contribution in [3.8, 4) is 0 Å². The molecule has 2 saturated heterocycles.